The second-order valence-corrected chi connectivity index (χ2v) is 27.9. The minimum Gasteiger partial charge on any atom is -0.394 e. The third-order valence-corrected chi connectivity index (χ3v) is 18.5. The van der Waals surface area contributed by atoms with Crippen LogP contribution in [0.3, 0.4) is 0 Å². The molecule has 0 aromatic rings. The molecule has 3 aliphatic rings. The molecule has 40 nitrogen and oxygen atoms in total. The smallest absolute Gasteiger partial charge is 0.333 e. The Kier molecular flexibility index (Phi) is 44.7. The van der Waals surface area contributed by atoms with Gasteiger partial charge in [0.05, 0.1) is 130 Å². The number of aliphatic hydroxyl groups excluding tert-OH is 9. The molecule has 0 spiro atoms. The van der Waals surface area contributed by atoms with Crippen molar-refractivity contribution >= 4 is 54.9 Å². The Labute approximate surface area is 598 Å². The summed E-state index contributed by atoms with van der Waals surface area (Å²) in [6, 6.07) is -3.78. The molecule has 8 amide bonds. The highest BCUT2D eigenvalue weighted by molar-refractivity contribution is 7.54. The van der Waals surface area contributed by atoms with Crippen LogP contribution in [-0.2, 0) is 104 Å². The van der Waals surface area contributed by atoms with Gasteiger partial charge in [0.2, 0.25) is 47.3 Å². The Bertz CT molecular complexity index is 2540. The molecular formula is C62H113N8O32P. The van der Waals surface area contributed by atoms with Gasteiger partial charge >= 0.3 is 7.60 Å². The summed E-state index contributed by atoms with van der Waals surface area (Å²) >= 11 is 0. The molecule has 2 saturated heterocycles. The van der Waals surface area contributed by atoms with E-state index in [1.807, 2.05) is 0 Å². The lowest BCUT2D eigenvalue weighted by atomic mass is 9.86. The highest BCUT2D eigenvalue weighted by Crippen LogP contribution is 2.57. The van der Waals surface area contributed by atoms with Crippen LogP contribution in [-0.4, -0.2) is 365 Å². The first-order valence-corrected chi connectivity index (χ1v) is 35.7. The van der Waals surface area contributed by atoms with Crippen LogP contribution in [0.1, 0.15) is 80.1 Å². The Morgan fingerprint density at radius 2 is 0.971 bits per heavy atom. The summed E-state index contributed by atoms with van der Waals surface area (Å²) in [6.07, 6.45) is -17.1. The van der Waals surface area contributed by atoms with Crippen molar-refractivity contribution in [3.8, 4) is 0 Å². The van der Waals surface area contributed by atoms with Crippen molar-refractivity contribution in [2.45, 2.75) is 183 Å². The molecule has 16 atom stereocenters. The maximum atomic E-state index is 14.8. The number of amides is 8. The van der Waals surface area contributed by atoms with Crippen molar-refractivity contribution in [1.29, 1.82) is 0 Å². The van der Waals surface area contributed by atoms with E-state index in [-0.39, 0.29) is 157 Å². The predicted molar refractivity (Wildman–Crippen MR) is 354 cm³/mol. The van der Waals surface area contributed by atoms with Crippen LogP contribution in [0.25, 0.3) is 0 Å². The largest absolute Gasteiger partial charge is 0.394 e. The monoisotopic (exact) mass is 1510 g/mol. The molecule has 0 bridgehead atoms. The van der Waals surface area contributed by atoms with Gasteiger partial charge in [-0.3, -0.25) is 42.9 Å². The van der Waals surface area contributed by atoms with Crippen LogP contribution in [0.4, 0.5) is 0 Å². The zero-order chi connectivity index (χ0) is 76.7. The van der Waals surface area contributed by atoms with E-state index >= 15 is 0 Å². The van der Waals surface area contributed by atoms with Crippen molar-refractivity contribution in [3.05, 3.63) is 0 Å². The van der Waals surface area contributed by atoms with Crippen LogP contribution in [0, 0.1) is 5.92 Å². The van der Waals surface area contributed by atoms with Gasteiger partial charge in [0.25, 0.3) is 0 Å². The van der Waals surface area contributed by atoms with Crippen molar-refractivity contribution in [2.24, 2.45) is 5.92 Å². The Hall–Kier alpha value is -4.93. The molecule has 0 aromatic heterocycles. The number of carbonyl (C=O) groups is 8. The van der Waals surface area contributed by atoms with Gasteiger partial charge in [-0.05, 0) is 52.9 Å². The highest BCUT2D eigenvalue weighted by atomic mass is 31.2. The first-order valence-electron chi connectivity index (χ1n) is 34.2. The zero-order valence-corrected chi connectivity index (χ0v) is 60.6. The summed E-state index contributed by atoms with van der Waals surface area (Å²) in [5, 5.41) is 108. The van der Waals surface area contributed by atoms with Crippen molar-refractivity contribution in [2.75, 3.05) is 159 Å². The summed E-state index contributed by atoms with van der Waals surface area (Å²) in [5.74, 6) is -5.92. The number of methoxy groups -OCH3 is 1. The molecule has 598 valence electrons. The minimum atomic E-state index is -4.06. The summed E-state index contributed by atoms with van der Waals surface area (Å²) in [5.41, 5.74) is 0. The number of ether oxygens (including phenoxy) is 12. The fraction of sp³-hybridized carbons (Fsp3) is 0.871. The Morgan fingerprint density at radius 3 is 1.37 bits per heavy atom. The fourth-order valence-electron chi connectivity index (χ4n) is 10.4. The van der Waals surface area contributed by atoms with E-state index in [1.165, 1.54) is 27.9 Å². The molecule has 2 aliphatic heterocycles. The van der Waals surface area contributed by atoms with E-state index in [9.17, 15) is 93.8 Å². The zero-order valence-electron chi connectivity index (χ0n) is 59.7. The topological polar surface area (TPSA) is 563 Å². The van der Waals surface area contributed by atoms with Gasteiger partial charge in [-0.2, -0.15) is 0 Å². The molecule has 3 fully saturated rings. The number of nitrogens with zero attached hydrogens (tertiary/aromatic N) is 1. The molecular weight excluding hydrogens is 1400 g/mol. The first kappa shape index (κ1) is 92.3. The van der Waals surface area contributed by atoms with Gasteiger partial charge in [-0.1, -0.05) is 0 Å². The highest BCUT2D eigenvalue weighted by Gasteiger charge is 2.47. The number of carbonyl (C=O) groups excluding carboxylic acids is 8. The molecule has 1 saturated carbocycles. The van der Waals surface area contributed by atoms with Crippen LogP contribution >= 0.6 is 7.60 Å². The molecule has 103 heavy (non-hydrogen) atoms. The maximum absolute atomic E-state index is 14.8. The van der Waals surface area contributed by atoms with Gasteiger partial charge in [-0.15, -0.1) is 0 Å². The van der Waals surface area contributed by atoms with E-state index < -0.39 is 197 Å². The SMILES string of the molecule is COC(CO)C(O)C(O)C(NC(C)=O)OCCOCCOCCNC(=O)CN(CC(=O)NCCOCCOCCOC1OC(CO)C(O)C(O)C1NC(C)=O)C(=O)C(CCC(=O)NCCOCCOCCOC1OC(CO)C(O)C(O)C1NC(C)=O)NC(=O)C1CCC(OP(=O)(O)C(C)(C)C)CC1. The quantitative estimate of drug-likeness (QED) is 0.0153. The van der Waals surface area contributed by atoms with Crippen LogP contribution < -0.4 is 37.2 Å². The van der Waals surface area contributed by atoms with Gasteiger partial charge in [0, 0.05) is 59.9 Å². The third kappa shape index (κ3) is 34.7. The molecule has 1 aliphatic carbocycles. The standard InChI is InChI=1S/C62H113N8O32P/c1-37(74)66-49-54(83)52(81)44(35-72)100-60(49)98-30-27-95-24-21-91-17-14-63-46(77)13-12-42(69-57(86)40-8-10-41(11-9-40)102-103(88,89)62(4,5)6)59(87)70(32-47(78)64-15-18-92-20-23-94-26-29-97-58(68-39(3)76)56(85)51(80)43(34-71)90-7)33-48(79)65-16-19-93-22-25-96-28-31-99-61-50(67-38(2)75)55(84)53(82)45(36-73)101-61/h40-45,49-56,58,60-61,71-73,80-85H,8-36H2,1-7H3,(H,63,77)(H,64,78)(H,65,79)(H,66,74)(H,67,75)(H,68,76)(H,69,86)(H,88,89). The Balaban J connectivity index is 1.65. The molecule has 16 unspecified atom stereocenters. The number of rotatable bonds is 52. The third-order valence-electron chi connectivity index (χ3n) is 16.2. The van der Waals surface area contributed by atoms with Gasteiger partial charge in [0.1, 0.15) is 86.2 Å². The van der Waals surface area contributed by atoms with E-state index in [0.717, 1.165) is 4.90 Å². The molecule has 0 aromatic carbocycles. The number of nitrogens with one attached hydrogen (secondary N) is 7. The summed E-state index contributed by atoms with van der Waals surface area (Å²) < 4.78 is 84.7. The number of hydrogen-bond acceptors (Lipinski definition) is 31. The number of hydrogen-bond donors (Lipinski definition) is 17. The van der Waals surface area contributed by atoms with E-state index in [4.69, 9.17) is 61.4 Å². The molecule has 41 heteroatoms. The van der Waals surface area contributed by atoms with Gasteiger partial charge in [-0.25, -0.2) is 0 Å². The summed E-state index contributed by atoms with van der Waals surface area (Å²) in [7, 11) is -2.85. The first-order chi connectivity index (χ1) is 48.9. The van der Waals surface area contributed by atoms with E-state index in [2.05, 4.69) is 37.2 Å². The lowest BCUT2D eigenvalue weighted by Crippen LogP contribution is -2.64. The van der Waals surface area contributed by atoms with Gasteiger partial charge in [0.15, 0.2) is 18.8 Å². The summed E-state index contributed by atoms with van der Waals surface area (Å²) in [4.78, 5) is 116. The molecule has 3 rings (SSSR count). The maximum Gasteiger partial charge on any atom is 0.333 e. The average Bonchev–Trinajstić information content (AvgIpc) is 0.821. The van der Waals surface area contributed by atoms with Crippen LogP contribution in [0.15, 0.2) is 0 Å². The van der Waals surface area contributed by atoms with Crippen molar-refractivity contribution < 1.29 is 155 Å². The molecule has 0 radical (unpaired) electrons. The van der Waals surface area contributed by atoms with E-state index in [0.29, 0.717) is 0 Å². The Morgan fingerprint density at radius 1 is 0.553 bits per heavy atom. The second-order valence-electron chi connectivity index (χ2n) is 25.3. The van der Waals surface area contributed by atoms with Crippen LogP contribution in [0.2, 0.25) is 0 Å². The van der Waals surface area contributed by atoms with Crippen molar-refractivity contribution in [1.82, 2.24) is 42.1 Å². The average molecular weight is 1510 g/mol. The molecule has 2 heterocycles. The lowest BCUT2D eigenvalue weighted by Gasteiger charge is -2.42. The number of aliphatic hydroxyl groups is 9. The minimum absolute atomic E-state index is 0.00360. The van der Waals surface area contributed by atoms with Crippen LogP contribution in [0.5, 0.6) is 0 Å². The second kappa shape index (κ2) is 49.8. The van der Waals surface area contributed by atoms with Gasteiger partial charge < -0.3 is 154 Å². The van der Waals surface area contributed by atoms with E-state index in [1.54, 1.807) is 20.8 Å². The fourth-order valence-corrected chi connectivity index (χ4v) is 11.3. The molecule has 17 N–H and O–H groups in total. The summed E-state index contributed by atoms with van der Waals surface area (Å²) in [6.45, 7) is 4.50. The predicted octanol–water partition coefficient (Wildman–Crippen LogP) is -7.78. The lowest BCUT2D eigenvalue weighted by molar-refractivity contribution is -0.272. The van der Waals surface area contributed by atoms with Crippen molar-refractivity contribution in [3.63, 3.8) is 0 Å². The normalized spacial score (nSPS) is 25.0.